The molecule has 5 heteroatoms. The van der Waals surface area contributed by atoms with Gasteiger partial charge in [-0.1, -0.05) is 29.8 Å². The van der Waals surface area contributed by atoms with Crippen LogP contribution in [0.3, 0.4) is 0 Å². The molecule has 0 atom stereocenters. The van der Waals surface area contributed by atoms with Crippen LogP contribution < -0.4 is 16.4 Å². The molecule has 0 unspecified atom stereocenters. The minimum Gasteiger partial charge on any atom is -0.351 e. The summed E-state index contributed by atoms with van der Waals surface area (Å²) >= 11 is 0. The van der Waals surface area contributed by atoms with Gasteiger partial charge in [0.1, 0.15) is 0 Å². The summed E-state index contributed by atoms with van der Waals surface area (Å²) in [5.74, 6) is -0.225. The summed E-state index contributed by atoms with van der Waals surface area (Å²) in [7, 11) is 0. The first-order valence-corrected chi connectivity index (χ1v) is 6.75. The molecule has 0 saturated carbocycles. The first kappa shape index (κ1) is 15.3. The fraction of sp³-hybridized carbons (Fsp3) is 0.0588. The van der Waals surface area contributed by atoms with Crippen LogP contribution >= 0.6 is 0 Å². The Bertz CT molecular complexity index is 706. The Hall–Kier alpha value is -3.08. The molecule has 5 nitrogen and oxygen atoms in total. The van der Waals surface area contributed by atoms with E-state index in [1.54, 1.807) is 30.3 Å². The van der Waals surface area contributed by atoms with Gasteiger partial charge < -0.3 is 16.4 Å². The third-order valence-electron chi connectivity index (χ3n) is 2.89. The van der Waals surface area contributed by atoms with Gasteiger partial charge in [-0.3, -0.25) is 4.79 Å². The van der Waals surface area contributed by atoms with E-state index in [-0.39, 0.29) is 5.91 Å². The smallest absolute Gasteiger partial charge is 0.316 e. The number of aryl methyl sites for hydroxylation is 1. The van der Waals surface area contributed by atoms with Crippen molar-refractivity contribution in [2.45, 2.75) is 6.92 Å². The standard InChI is InChI=1S/C17H17N3O2/c1-12-3-2-4-13(11-12)5-10-16(21)19-14-6-8-15(9-7-14)20-17(18)22/h2-11H,1H3,(H,19,21)(H3,18,20,22)/b10-5+. The molecule has 0 saturated heterocycles. The molecule has 0 aliphatic rings. The van der Waals surface area contributed by atoms with Crippen LogP contribution in [0.25, 0.3) is 6.08 Å². The molecule has 0 aromatic heterocycles. The first-order valence-electron chi connectivity index (χ1n) is 6.75. The molecule has 3 amide bonds. The van der Waals surface area contributed by atoms with Crippen LogP contribution in [-0.2, 0) is 4.79 Å². The largest absolute Gasteiger partial charge is 0.351 e. The number of nitrogens with one attached hydrogen (secondary N) is 2. The number of nitrogens with two attached hydrogens (primary N) is 1. The zero-order valence-corrected chi connectivity index (χ0v) is 12.2. The van der Waals surface area contributed by atoms with Crippen LogP contribution in [-0.4, -0.2) is 11.9 Å². The van der Waals surface area contributed by atoms with Gasteiger partial charge in [-0.05, 0) is 42.8 Å². The maximum Gasteiger partial charge on any atom is 0.316 e. The molecule has 0 aliphatic carbocycles. The normalized spacial score (nSPS) is 10.4. The van der Waals surface area contributed by atoms with E-state index in [9.17, 15) is 9.59 Å². The lowest BCUT2D eigenvalue weighted by molar-refractivity contribution is -0.111. The molecule has 0 radical (unpaired) electrons. The summed E-state index contributed by atoms with van der Waals surface area (Å²) in [5.41, 5.74) is 8.33. The maximum absolute atomic E-state index is 11.8. The lowest BCUT2D eigenvalue weighted by Gasteiger charge is -2.05. The molecule has 0 aliphatic heterocycles. The van der Waals surface area contributed by atoms with Crippen molar-refractivity contribution >= 4 is 29.4 Å². The minimum absolute atomic E-state index is 0.225. The summed E-state index contributed by atoms with van der Waals surface area (Å²) in [6.07, 6.45) is 3.23. The van der Waals surface area contributed by atoms with E-state index in [1.165, 1.54) is 6.08 Å². The molecule has 0 fully saturated rings. The maximum atomic E-state index is 11.8. The zero-order valence-electron chi connectivity index (χ0n) is 12.2. The number of carbonyl (C=O) groups is 2. The van der Waals surface area contributed by atoms with Gasteiger partial charge in [0.25, 0.3) is 0 Å². The lowest BCUT2D eigenvalue weighted by atomic mass is 10.1. The van der Waals surface area contributed by atoms with Crippen molar-refractivity contribution in [2.75, 3.05) is 10.6 Å². The second-order valence-electron chi connectivity index (χ2n) is 4.80. The van der Waals surface area contributed by atoms with Gasteiger partial charge in [-0.25, -0.2) is 4.79 Å². The number of anilines is 2. The number of amides is 3. The number of hydrogen-bond donors (Lipinski definition) is 3. The first-order chi connectivity index (χ1) is 10.5. The fourth-order valence-corrected chi connectivity index (χ4v) is 1.91. The average molecular weight is 295 g/mol. The average Bonchev–Trinajstić information content (AvgIpc) is 2.47. The van der Waals surface area contributed by atoms with Crippen molar-refractivity contribution in [3.63, 3.8) is 0 Å². The molecule has 4 N–H and O–H groups in total. The highest BCUT2D eigenvalue weighted by Gasteiger charge is 2.00. The second kappa shape index (κ2) is 7.08. The molecule has 2 aromatic rings. The van der Waals surface area contributed by atoms with Crippen LogP contribution in [0.4, 0.5) is 16.2 Å². The lowest BCUT2D eigenvalue weighted by Crippen LogP contribution is -2.19. The van der Waals surface area contributed by atoms with E-state index in [1.807, 2.05) is 31.2 Å². The zero-order chi connectivity index (χ0) is 15.9. The van der Waals surface area contributed by atoms with E-state index in [0.29, 0.717) is 11.4 Å². The topological polar surface area (TPSA) is 84.2 Å². The number of rotatable bonds is 4. The Morgan fingerprint density at radius 1 is 1.00 bits per heavy atom. The van der Waals surface area contributed by atoms with Crippen molar-refractivity contribution in [3.8, 4) is 0 Å². The van der Waals surface area contributed by atoms with Crippen LogP contribution in [0, 0.1) is 6.92 Å². The number of primary amides is 1. The molecule has 22 heavy (non-hydrogen) atoms. The Morgan fingerprint density at radius 2 is 1.64 bits per heavy atom. The number of benzene rings is 2. The molecule has 2 aromatic carbocycles. The number of urea groups is 1. The van der Waals surface area contributed by atoms with E-state index >= 15 is 0 Å². The summed E-state index contributed by atoms with van der Waals surface area (Å²) < 4.78 is 0. The van der Waals surface area contributed by atoms with Crippen LogP contribution in [0.5, 0.6) is 0 Å². The Morgan fingerprint density at radius 3 is 2.23 bits per heavy atom. The predicted octanol–water partition coefficient (Wildman–Crippen LogP) is 3.14. The van der Waals surface area contributed by atoms with E-state index < -0.39 is 6.03 Å². The second-order valence-corrected chi connectivity index (χ2v) is 4.80. The Labute approximate surface area is 128 Å². The Balaban J connectivity index is 1.95. The van der Waals surface area contributed by atoms with Gasteiger partial charge in [0.05, 0.1) is 0 Å². The van der Waals surface area contributed by atoms with Gasteiger partial charge >= 0.3 is 6.03 Å². The summed E-state index contributed by atoms with van der Waals surface area (Å²) in [4.78, 5) is 22.6. The van der Waals surface area contributed by atoms with Crippen molar-refractivity contribution < 1.29 is 9.59 Å². The van der Waals surface area contributed by atoms with Crippen molar-refractivity contribution in [3.05, 3.63) is 65.7 Å². The van der Waals surface area contributed by atoms with Gasteiger partial charge in [-0.15, -0.1) is 0 Å². The highest BCUT2D eigenvalue weighted by Crippen LogP contribution is 2.13. The SMILES string of the molecule is Cc1cccc(/C=C/C(=O)Nc2ccc(NC(N)=O)cc2)c1. The van der Waals surface area contributed by atoms with Gasteiger partial charge in [0.2, 0.25) is 5.91 Å². The van der Waals surface area contributed by atoms with E-state index in [2.05, 4.69) is 10.6 Å². The molecular formula is C17H17N3O2. The van der Waals surface area contributed by atoms with E-state index in [0.717, 1.165) is 11.1 Å². The van der Waals surface area contributed by atoms with Crippen molar-refractivity contribution in [1.82, 2.24) is 0 Å². The number of carbonyl (C=O) groups excluding carboxylic acids is 2. The highest BCUT2D eigenvalue weighted by atomic mass is 16.2. The van der Waals surface area contributed by atoms with E-state index in [4.69, 9.17) is 5.73 Å². The molecule has 2 rings (SSSR count). The third kappa shape index (κ3) is 4.79. The fourth-order valence-electron chi connectivity index (χ4n) is 1.91. The van der Waals surface area contributed by atoms with Crippen molar-refractivity contribution in [1.29, 1.82) is 0 Å². The molecule has 0 bridgehead atoms. The predicted molar refractivity (Wildman–Crippen MR) is 88.5 cm³/mol. The van der Waals surface area contributed by atoms with Crippen LogP contribution in [0.1, 0.15) is 11.1 Å². The molecule has 112 valence electrons. The number of hydrogen-bond acceptors (Lipinski definition) is 2. The summed E-state index contributed by atoms with van der Waals surface area (Å²) in [6.45, 7) is 2.00. The summed E-state index contributed by atoms with van der Waals surface area (Å²) in [6, 6.07) is 13.9. The third-order valence-corrected chi connectivity index (χ3v) is 2.89. The molecule has 0 spiro atoms. The molecule has 0 heterocycles. The van der Waals surface area contributed by atoms with Crippen LogP contribution in [0.2, 0.25) is 0 Å². The highest BCUT2D eigenvalue weighted by molar-refractivity contribution is 6.02. The Kier molecular flexibility index (Phi) is 4.93. The van der Waals surface area contributed by atoms with Crippen molar-refractivity contribution in [2.24, 2.45) is 5.73 Å². The van der Waals surface area contributed by atoms with Gasteiger partial charge in [-0.2, -0.15) is 0 Å². The summed E-state index contributed by atoms with van der Waals surface area (Å²) in [5, 5.41) is 5.19. The van der Waals surface area contributed by atoms with Crippen LogP contribution in [0.15, 0.2) is 54.6 Å². The van der Waals surface area contributed by atoms with Gasteiger partial charge in [0.15, 0.2) is 0 Å². The minimum atomic E-state index is -0.627. The molecular weight excluding hydrogens is 278 g/mol. The quantitative estimate of drug-likeness (QED) is 0.757. The monoisotopic (exact) mass is 295 g/mol. The van der Waals surface area contributed by atoms with Gasteiger partial charge in [0, 0.05) is 17.5 Å².